The minimum atomic E-state index is 0.460. The zero-order chi connectivity index (χ0) is 8.10. The second-order valence-electron chi connectivity index (χ2n) is 2.49. The third-order valence-corrected chi connectivity index (χ3v) is 1.33. The van der Waals surface area contributed by atoms with E-state index in [1.54, 1.807) is 12.4 Å². The molecule has 0 radical (unpaired) electrons. The Balaban J connectivity index is 2.51. The molecule has 0 N–H and O–H groups in total. The van der Waals surface area contributed by atoms with Gasteiger partial charge in [0.15, 0.2) is 0 Å². The van der Waals surface area contributed by atoms with Crippen molar-refractivity contribution >= 4 is 12.4 Å². The molecule has 0 spiro atoms. The van der Waals surface area contributed by atoms with Crippen molar-refractivity contribution in [2.24, 2.45) is 15.9 Å². The van der Waals surface area contributed by atoms with Crippen LogP contribution in [0.2, 0.25) is 0 Å². The highest BCUT2D eigenvalue weighted by Crippen LogP contribution is 2.08. The van der Waals surface area contributed by atoms with Crippen molar-refractivity contribution in [1.82, 2.24) is 0 Å². The smallest absolute Gasteiger partial charge is 0.0775 e. The summed E-state index contributed by atoms with van der Waals surface area (Å²) in [6, 6.07) is 0. The Hall–Kier alpha value is -1.18. The summed E-state index contributed by atoms with van der Waals surface area (Å²) in [5.74, 6) is 0.460. The van der Waals surface area contributed by atoms with Crippen LogP contribution in [0.25, 0.3) is 0 Å². The lowest BCUT2D eigenvalue weighted by Crippen LogP contribution is -1.82. The number of hydrogen-bond donors (Lipinski definition) is 0. The molecule has 11 heavy (non-hydrogen) atoms. The van der Waals surface area contributed by atoms with Crippen LogP contribution < -0.4 is 0 Å². The molecule has 0 fully saturated rings. The normalized spacial score (nSPS) is 23.8. The van der Waals surface area contributed by atoms with E-state index in [2.05, 4.69) is 23.0 Å². The van der Waals surface area contributed by atoms with E-state index in [1.807, 2.05) is 19.2 Å². The summed E-state index contributed by atoms with van der Waals surface area (Å²) in [6.07, 6.45) is 9.39. The van der Waals surface area contributed by atoms with Crippen molar-refractivity contribution < 1.29 is 0 Å². The molecule has 1 aliphatic heterocycles. The molecule has 58 valence electrons. The van der Waals surface area contributed by atoms with Crippen molar-refractivity contribution in [1.29, 1.82) is 0 Å². The lowest BCUT2D eigenvalue weighted by Gasteiger charge is -1.84. The van der Waals surface area contributed by atoms with E-state index in [9.17, 15) is 0 Å². The van der Waals surface area contributed by atoms with Crippen LogP contribution in [0.5, 0.6) is 0 Å². The molecule has 0 aromatic carbocycles. The third-order valence-electron chi connectivity index (χ3n) is 1.33. The van der Waals surface area contributed by atoms with Gasteiger partial charge in [-0.05, 0) is 13.0 Å². The second kappa shape index (κ2) is 3.86. The molecule has 0 aromatic heterocycles. The van der Waals surface area contributed by atoms with Gasteiger partial charge >= 0.3 is 0 Å². The molecule has 0 saturated carbocycles. The van der Waals surface area contributed by atoms with Gasteiger partial charge in [0.25, 0.3) is 0 Å². The maximum atomic E-state index is 4.14. The van der Waals surface area contributed by atoms with Crippen LogP contribution in [-0.2, 0) is 0 Å². The molecule has 0 amide bonds. The summed E-state index contributed by atoms with van der Waals surface area (Å²) < 4.78 is 0. The van der Waals surface area contributed by atoms with Crippen molar-refractivity contribution in [2.75, 3.05) is 0 Å². The maximum Gasteiger partial charge on any atom is 0.0775 e. The topological polar surface area (TPSA) is 24.7 Å². The van der Waals surface area contributed by atoms with Gasteiger partial charge in [0, 0.05) is 18.3 Å². The largest absolute Gasteiger partial charge is 0.263 e. The number of rotatable bonds is 2. The molecular weight excluding hydrogens is 136 g/mol. The fraction of sp³-hybridized carbons (Fsp3) is 0.333. The maximum absolute atomic E-state index is 4.14. The zero-order valence-corrected chi connectivity index (χ0v) is 6.86. The van der Waals surface area contributed by atoms with Crippen LogP contribution >= 0.6 is 0 Å². The first-order valence-electron chi connectivity index (χ1n) is 3.73. The Morgan fingerprint density at radius 3 is 3.00 bits per heavy atom. The molecule has 1 atom stereocenters. The lowest BCUT2D eigenvalue weighted by atomic mass is 10.2. The molecule has 0 aliphatic carbocycles. The van der Waals surface area contributed by atoms with E-state index in [0.29, 0.717) is 5.92 Å². The van der Waals surface area contributed by atoms with Gasteiger partial charge in [-0.1, -0.05) is 13.0 Å². The Labute approximate surface area is 67.1 Å². The minimum absolute atomic E-state index is 0.460. The van der Waals surface area contributed by atoms with E-state index >= 15 is 0 Å². The third kappa shape index (κ3) is 2.50. The summed E-state index contributed by atoms with van der Waals surface area (Å²) in [6.45, 7) is 4.03. The number of nitrogens with zero attached hydrogens (tertiary/aromatic N) is 2. The van der Waals surface area contributed by atoms with E-state index in [0.717, 1.165) is 5.70 Å². The molecule has 0 unspecified atom stereocenters. The molecule has 0 bridgehead atoms. The van der Waals surface area contributed by atoms with Gasteiger partial charge in [-0.2, -0.15) is 0 Å². The van der Waals surface area contributed by atoms with Gasteiger partial charge in [0.05, 0.1) is 11.9 Å². The lowest BCUT2D eigenvalue weighted by molar-refractivity contribution is 1.05. The molecule has 0 aromatic rings. The van der Waals surface area contributed by atoms with E-state index < -0.39 is 0 Å². The van der Waals surface area contributed by atoms with Crippen LogP contribution in [0.15, 0.2) is 34.0 Å². The van der Waals surface area contributed by atoms with Gasteiger partial charge in [-0.25, -0.2) is 0 Å². The zero-order valence-electron chi connectivity index (χ0n) is 6.86. The fourth-order valence-corrected chi connectivity index (χ4v) is 0.841. The molecule has 0 saturated heterocycles. The van der Waals surface area contributed by atoms with Crippen LogP contribution in [0.1, 0.15) is 13.8 Å². The van der Waals surface area contributed by atoms with Crippen molar-refractivity contribution in [3.63, 3.8) is 0 Å². The van der Waals surface area contributed by atoms with Crippen LogP contribution in [0.3, 0.4) is 0 Å². The predicted molar refractivity (Wildman–Crippen MR) is 49.0 cm³/mol. The SMILES string of the molecule is C/C=C\N=C/C1=C[C@@H](C)C=N1. The summed E-state index contributed by atoms with van der Waals surface area (Å²) in [5, 5.41) is 0. The highest BCUT2D eigenvalue weighted by atomic mass is 14.8. The Morgan fingerprint density at radius 1 is 1.64 bits per heavy atom. The van der Waals surface area contributed by atoms with E-state index in [-0.39, 0.29) is 0 Å². The summed E-state index contributed by atoms with van der Waals surface area (Å²) >= 11 is 0. The standard InChI is InChI=1S/C9H12N2/c1-3-4-10-7-9-5-8(2)6-11-9/h3-8H,1-2H3/b4-3-,10-7-/t8-/m1/s1. The highest BCUT2D eigenvalue weighted by molar-refractivity contribution is 5.85. The molecule has 2 nitrogen and oxygen atoms in total. The van der Waals surface area contributed by atoms with Crippen molar-refractivity contribution in [3.8, 4) is 0 Å². The Kier molecular flexibility index (Phi) is 2.78. The van der Waals surface area contributed by atoms with Gasteiger partial charge < -0.3 is 0 Å². The number of allylic oxidation sites excluding steroid dienone is 3. The van der Waals surface area contributed by atoms with Crippen LogP contribution in [0.4, 0.5) is 0 Å². The highest BCUT2D eigenvalue weighted by Gasteiger charge is 2.01. The minimum Gasteiger partial charge on any atom is -0.263 e. The summed E-state index contributed by atoms with van der Waals surface area (Å²) in [7, 11) is 0. The van der Waals surface area contributed by atoms with E-state index in [1.165, 1.54) is 0 Å². The van der Waals surface area contributed by atoms with Crippen molar-refractivity contribution in [2.45, 2.75) is 13.8 Å². The summed E-state index contributed by atoms with van der Waals surface area (Å²) in [4.78, 5) is 8.16. The van der Waals surface area contributed by atoms with Gasteiger partial charge in [0.2, 0.25) is 0 Å². The monoisotopic (exact) mass is 148 g/mol. The molecule has 1 heterocycles. The Bertz CT molecular complexity index is 234. The molecule has 1 aliphatic rings. The van der Waals surface area contributed by atoms with Crippen LogP contribution in [-0.4, -0.2) is 12.4 Å². The van der Waals surface area contributed by atoms with Gasteiger partial charge in [0.1, 0.15) is 0 Å². The molecule has 1 rings (SSSR count). The predicted octanol–water partition coefficient (Wildman–Crippen LogP) is 2.20. The average molecular weight is 148 g/mol. The molecule has 2 heteroatoms. The van der Waals surface area contributed by atoms with E-state index in [4.69, 9.17) is 0 Å². The first-order valence-corrected chi connectivity index (χ1v) is 3.73. The number of aliphatic imine (C=N–C) groups is 2. The average Bonchev–Trinajstić information content (AvgIpc) is 2.37. The first kappa shape index (κ1) is 7.92. The molecular formula is C9H12N2. The van der Waals surface area contributed by atoms with Gasteiger partial charge in [-0.3, -0.25) is 9.98 Å². The quantitative estimate of drug-likeness (QED) is 0.536. The first-order chi connectivity index (χ1) is 5.33. The summed E-state index contributed by atoms with van der Waals surface area (Å²) in [5.41, 5.74) is 0.954. The van der Waals surface area contributed by atoms with Crippen LogP contribution in [0, 0.1) is 5.92 Å². The van der Waals surface area contributed by atoms with Gasteiger partial charge in [-0.15, -0.1) is 0 Å². The Morgan fingerprint density at radius 2 is 2.45 bits per heavy atom. The second-order valence-corrected chi connectivity index (χ2v) is 2.49. The van der Waals surface area contributed by atoms with Crippen molar-refractivity contribution in [3.05, 3.63) is 24.0 Å². The fourth-order valence-electron chi connectivity index (χ4n) is 0.841. The number of hydrogen-bond acceptors (Lipinski definition) is 2.